The molecule has 0 aliphatic heterocycles. The lowest BCUT2D eigenvalue weighted by atomic mass is 10.3. The average molecular weight is 235 g/mol. The number of sulfonamides is 1. The fourth-order valence-electron chi connectivity index (χ4n) is 1.06. The summed E-state index contributed by atoms with van der Waals surface area (Å²) in [7, 11) is -3.83. The first-order chi connectivity index (χ1) is 6.81. The maximum atomic E-state index is 12.8. The van der Waals surface area contributed by atoms with Crippen molar-refractivity contribution in [3.8, 4) is 0 Å². The summed E-state index contributed by atoms with van der Waals surface area (Å²) < 4.78 is 50.8. The van der Waals surface area contributed by atoms with Crippen LogP contribution < -0.4 is 4.72 Å². The van der Waals surface area contributed by atoms with Gasteiger partial charge in [0, 0.05) is 12.1 Å². The molecule has 1 aromatic carbocycles. The van der Waals surface area contributed by atoms with E-state index in [9.17, 15) is 17.2 Å². The summed E-state index contributed by atoms with van der Waals surface area (Å²) in [6, 6.07) is 1.83. The molecule has 1 rings (SSSR count). The number of nitrogens with one attached hydrogen (secondary N) is 1. The highest BCUT2D eigenvalue weighted by molar-refractivity contribution is 7.89. The highest BCUT2D eigenvalue weighted by atomic mass is 32.2. The SMILES string of the molecule is CC(C)NS(=O)(=O)c1cc(F)cc(F)c1. The number of hydrogen-bond acceptors (Lipinski definition) is 2. The van der Waals surface area contributed by atoms with Crippen molar-refractivity contribution in [3.05, 3.63) is 29.8 Å². The van der Waals surface area contributed by atoms with E-state index in [1.807, 2.05) is 0 Å². The summed E-state index contributed by atoms with van der Waals surface area (Å²) in [4.78, 5) is -0.409. The van der Waals surface area contributed by atoms with Gasteiger partial charge < -0.3 is 0 Å². The molecule has 0 bridgehead atoms. The molecule has 1 aromatic rings. The van der Waals surface area contributed by atoms with Gasteiger partial charge in [-0.05, 0) is 26.0 Å². The largest absolute Gasteiger partial charge is 0.241 e. The lowest BCUT2D eigenvalue weighted by molar-refractivity contribution is 0.555. The molecule has 0 heterocycles. The number of halogens is 2. The van der Waals surface area contributed by atoms with Gasteiger partial charge in [0.05, 0.1) is 4.90 Å². The van der Waals surface area contributed by atoms with Gasteiger partial charge in [-0.2, -0.15) is 0 Å². The van der Waals surface area contributed by atoms with E-state index in [0.29, 0.717) is 6.07 Å². The molecule has 0 radical (unpaired) electrons. The van der Waals surface area contributed by atoms with Crippen LogP contribution in [0.2, 0.25) is 0 Å². The average Bonchev–Trinajstić information content (AvgIpc) is 1.99. The Balaban J connectivity index is 3.16. The molecule has 15 heavy (non-hydrogen) atoms. The van der Waals surface area contributed by atoms with E-state index in [1.165, 1.54) is 0 Å². The fraction of sp³-hybridized carbons (Fsp3) is 0.333. The van der Waals surface area contributed by atoms with E-state index in [2.05, 4.69) is 4.72 Å². The molecule has 0 unspecified atom stereocenters. The molecule has 1 N–H and O–H groups in total. The van der Waals surface area contributed by atoms with E-state index in [-0.39, 0.29) is 6.04 Å². The van der Waals surface area contributed by atoms with E-state index in [4.69, 9.17) is 0 Å². The molecule has 0 spiro atoms. The quantitative estimate of drug-likeness (QED) is 0.865. The molecule has 0 aliphatic rings. The van der Waals surface area contributed by atoms with Gasteiger partial charge in [0.2, 0.25) is 10.0 Å². The predicted molar refractivity (Wildman–Crippen MR) is 51.8 cm³/mol. The van der Waals surface area contributed by atoms with Crippen LogP contribution in [0.4, 0.5) is 8.78 Å². The third-order valence-corrected chi connectivity index (χ3v) is 3.18. The number of hydrogen-bond donors (Lipinski definition) is 1. The maximum absolute atomic E-state index is 12.8. The molecule has 0 aliphatic carbocycles. The van der Waals surface area contributed by atoms with Crippen molar-refractivity contribution in [3.63, 3.8) is 0 Å². The Bertz CT molecular complexity index is 437. The summed E-state index contributed by atoms with van der Waals surface area (Å²) >= 11 is 0. The summed E-state index contributed by atoms with van der Waals surface area (Å²) in [6.07, 6.45) is 0. The summed E-state index contributed by atoms with van der Waals surface area (Å²) in [5.74, 6) is -1.83. The van der Waals surface area contributed by atoms with Crippen LogP contribution in [0.1, 0.15) is 13.8 Å². The minimum Gasteiger partial charge on any atom is -0.209 e. The minimum atomic E-state index is -3.83. The van der Waals surface area contributed by atoms with Crippen LogP contribution in [0.25, 0.3) is 0 Å². The molecule has 84 valence electrons. The third kappa shape index (κ3) is 3.24. The highest BCUT2D eigenvalue weighted by Crippen LogP contribution is 2.13. The van der Waals surface area contributed by atoms with Gasteiger partial charge in [-0.15, -0.1) is 0 Å². The number of benzene rings is 1. The zero-order valence-electron chi connectivity index (χ0n) is 8.29. The highest BCUT2D eigenvalue weighted by Gasteiger charge is 2.17. The Hall–Kier alpha value is -1.01. The molecule has 0 fully saturated rings. The van der Waals surface area contributed by atoms with Gasteiger partial charge >= 0.3 is 0 Å². The minimum absolute atomic E-state index is 0.332. The second kappa shape index (κ2) is 4.24. The van der Waals surface area contributed by atoms with E-state index in [1.54, 1.807) is 13.8 Å². The van der Waals surface area contributed by atoms with Gasteiger partial charge in [0.25, 0.3) is 0 Å². The Morgan fingerprint density at radius 1 is 1.13 bits per heavy atom. The Kier molecular flexibility index (Phi) is 3.41. The molecule has 0 atom stereocenters. The van der Waals surface area contributed by atoms with Crippen molar-refractivity contribution in [2.75, 3.05) is 0 Å². The van der Waals surface area contributed by atoms with Crippen molar-refractivity contribution in [1.29, 1.82) is 0 Å². The third-order valence-electron chi connectivity index (χ3n) is 1.54. The molecule has 0 amide bonds. The van der Waals surface area contributed by atoms with Crippen molar-refractivity contribution in [1.82, 2.24) is 4.72 Å². The topological polar surface area (TPSA) is 46.2 Å². The summed E-state index contributed by atoms with van der Waals surface area (Å²) in [5, 5.41) is 0. The van der Waals surface area contributed by atoms with E-state index >= 15 is 0 Å². The van der Waals surface area contributed by atoms with E-state index < -0.39 is 26.6 Å². The molecule has 0 saturated heterocycles. The Labute approximate surface area is 87.2 Å². The molecule has 6 heteroatoms. The predicted octanol–water partition coefficient (Wildman–Crippen LogP) is 1.65. The van der Waals surface area contributed by atoms with Crippen LogP contribution in [0.5, 0.6) is 0 Å². The Morgan fingerprint density at radius 3 is 2.00 bits per heavy atom. The zero-order chi connectivity index (χ0) is 11.6. The van der Waals surface area contributed by atoms with Gasteiger partial charge in [-0.3, -0.25) is 0 Å². The zero-order valence-corrected chi connectivity index (χ0v) is 9.11. The fourth-order valence-corrected chi connectivity index (χ4v) is 2.35. The molecule has 0 aromatic heterocycles. The van der Waals surface area contributed by atoms with Gasteiger partial charge in [0.1, 0.15) is 11.6 Å². The van der Waals surface area contributed by atoms with Gasteiger partial charge in [0.15, 0.2) is 0 Å². The normalized spacial score (nSPS) is 12.1. The Morgan fingerprint density at radius 2 is 1.60 bits per heavy atom. The molecular weight excluding hydrogens is 224 g/mol. The smallest absolute Gasteiger partial charge is 0.209 e. The van der Waals surface area contributed by atoms with E-state index in [0.717, 1.165) is 12.1 Å². The lowest BCUT2D eigenvalue weighted by Crippen LogP contribution is -2.30. The van der Waals surface area contributed by atoms with Crippen LogP contribution in [0, 0.1) is 11.6 Å². The van der Waals surface area contributed by atoms with Crippen LogP contribution >= 0.6 is 0 Å². The van der Waals surface area contributed by atoms with Crippen LogP contribution in [-0.4, -0.2) is 14.5 Å². The lowest BCUT2D eigenvalue weighted by Gasteiger charge is -2.09. The van der Waals surface area contributed by atoms with Crippen molar-refractivity contribution in [2.24, 2.45) is 0 Å². The molecule has 3 nitrogen and oxygen atoms in total. The van der Waals surface area contributed by atoms with Crippen molar-refractivity contribution in [2.45, 2.75) is 24.8 Å². The van der Waals surface area contributed by atoms with Crippen LogP contribution in [-0.2, 0) is 10.0 Å². The van der Waals surface area contributed by atoms with Crippen molar-refractivity contribution >= 4 is 10.0 Å². The summed E-state index contributed by atoms with van der Waals surface area (Å²) in [6.45, 7) is 3.24. The summed E-state index contributed by atoms with van der Waals surface area (Å²) in [5.41, 5.74) is 0. The number of rotatable bonds is 3. The first-order valence-corrected chi connectivity index (χ1v) is 5.78. The maximum Gasteiger partial charge on any atom is 0.241 e. The van der Waals surface area contributed by atoms with Crippen LogP contribution in [0.15, 0.2) is 23.1 Å². The monoisotopic (exact) mass is 235 g/mol. The van der Waals surface area contributed by atoms with Crippen LogP contribution in [0.3, 0.4) is 0 Å². The standard InChI is InChI=1S/C9H11F2NO2S/c1-6(2)12-15(13,14)9-4-7(10)3-8(11)5-9/h3-6,12H,1-2H3. The van der Waals surface area contributed by atoms with Gasteiger partial charge in [-0.1, -0.05) is 0 Å². The first-order valence-electron chi connectivity index (χ1n) is 4.29. The van der Waals surface area contributed by atoms with Gasteiger partial charge in [-0.25, -0.2) is 21.9 Å². The second-order valence-electron chi connectivity index (χ2n) is 3.38. The second-order valence-corrected chi connectivity index (χ2v) is 5.10. The molecular formula is C9H11F2NO2S. The molecule has 0 saturated carbocycles. The van der Waals surface area contributed by atoms with Crippen molar-refractivity contribution < 1.29 is 17.2 Å². The first kappa shape index (κ1) is 12.1.